The van der Waals surface area contributed by atoms with E-state index in [1.54, 1.807) is 0 Å². The van der Waals surface area contributed by atoms with E-state index in [1.807, 2.05) is 0 Å². The first kappa shape index (κ1) is 56.9. The highest BCUT2D eigenvalue weighted by atomic mass is 16.6. The van der Waals surface area contributed by atoms with Gasteiger partial charge < -0.3 is 9.47 Å². The van der Waals surface area contributed by atoms with Gasteiger partial charge in [0.1, 0.15) is 13.2 Å². The summed E-state index contributed by atoms with van der Waals surface area (Å²) in [6, 6.07) is 0. The van der Waals surface area contributed by atoms with E-state index in [0.717, 1.165) is 25.7 Å². The van der Waals surface area contributed by atoms with E-state index in [-0.39, 0.29) is 25.2 Å². The van der Waals surface area contributed by atoms with Crippen molar-refractivity contribution in [2.24, 2.45) is 0 Å². The van der Waals surface area contributed by atoms with Crippen LogP contribution in [0.2, 0.25) is 0 Å². The summed E-state index contributed by atoms with van der Waals surface area (Å²) in [7, 11) is 0. The number of ether oxygens (including phenoxy) is 2. The highest BCUT2D eigenvalue weighted by molar-refractivity contribution is 5.70. The lowest BCUT2D eigenvalue weighted by molar-refractivity contribution is -0.152. The van der Waals surface area contributed by atoms with Crippen LogP contribution in [-0.2, 0) is 19.1 Å². The molecule has 4 nitrogen and oxygen atoms in total. The zero-order valence-corrected chi connectivity index (χ0v) is 40.0. The van der Waals surface area contributed by atoms with Crippen molar-refractivity contribution < 1.29 is 19.1 Å². The van der Waals surface area contributed by atoms with E-state index >= 15 is 0 Å². The average molecular weight is 819 g/mol. The molecule has 0 aliphatic rings. The van der Waals surface area contributed by atoms with Gasteiger partial charge in [-0.25, -0.2) is 0 Å². The SMILES string of the molecule is CCCCCCCCCCCCCCCCCCCCCCCCCC(=O)OCCOC(=O)CCCCCCCCCCCCCCCCCCCCCCCCC. The Morgan fingerprint density at radius 1 is 0.224 bits per heavy atom. The Morgan fingerprint density at radius 3 is 0.517 bits per heavy atom. The lowest BCUT2D eigenvalue weighted by Crippen LogP contribution is -2.13. The first-order valence-corrected chi connectivity index (χ1v) is 27.0. The molecule has 0 aromatic heterocycles. The van der Waals surface area contributed by atoms with Crippen LogP contribution >= 0.6 is 0 Å². The Balaban J connectivity index is 3.23. The summed E-state index contributed by atoms with van der Waals surface area (Å²) in [4.78, 5) is 24.1. The van der Waals surface area contributed by atoms with Crippen LogP contribution < -0.4 is 0 Å². The number of esters is 2. The van der Waals surface area contributed by atoms with Crippen molar-refractivity contribution in [1.82, 2.24) is 0 Å². The number of unbranched alkanes of at least 4 members (excludes halogenated alkanes) is 44. The van der Waals surface area contributed by atoms with Gasteiger partial charge in [-0.3, -0.25) is 9.59 Å². The van der Waals surface area contributed by atoms with Crippen molar-refractivity contribution in [2.75, 3.05) is 13.2 Å². The van der Waals surface area contributed by atoms with E-state index in [4.69, 9.17) is 9.47 Å². The molecule has 0 spiro atoms. The first-order valence-electron chi connectivity index (χ1n) is 27.0. The molecule has 0 atom stereocenters. The fourth-order valence-electron chi connectivity index (χ4n) is 8.57. The zero-order valence-electron chi connectivity index (χ0n) is 40.0. The van der Waals surface area contributed by atoms with Gasteiger partial charge >= 0.3 is 11.9 Å². The van der Waals surface area contributed by atoms with Gasteiger partial charge in [-0.2, -0.15) is 0 Å². The lowest BCUT2D eigenvalue weighted by Gasteiger charge is -2.07. The molecule has 0 heterocycles. The molecule has 0 saturated carbocycles. The third kappa shape index (κ3) is 51.1. The molecule has 0 aliphatic heterocycles. The maximum atomic E-state index is 12.0. The molecule has 0 rings (SSSR count). The van der Waals surface area contributed by atoms with Gasteiger partial charge in [0.05, 0.1) is 0 Å². The molecule has 0 amide bonds. The summed E-state index contributed by atoms with van der Waals surface area (Å²) in [6.45, 7) is 4.96. The summed E-state index contributed by atoms with van der Waals surface area (Å²) in [5, 5.41) is 0. The summed E-state index contributed by atoms with van der Waals surface area (Å²) in [5.74, 6) is -0.316. The van der Waals surface area contributed by atoms with Crippen LogP contribution in [0, 0.1) is 0 Å². The fraction of sp³-hybridized carbons (Fsp3) is 0.963. The van der Waals surface area contributed by atoms with E-state index in [9.17, 15) is 9.59 Å². The number of carbonyl (C=O) groups excluding carboxylic acids is 2. The maximum Gasteiger partial charge on any atom is 0.305 e. The van der Waals surface area contributed by atoms with E-state index in [0.29, 0.717) is 12.8 Å². The first-order chi connectivity index (χ1) is 28.7. The normalized spacial score (nSPS) is 11.4. The van der Waals surface area contributed by atoms with Crippen LogP contribution in [-0.4, -0.2) is 25.2 Å². The minimum atomic E-state index is -0.158. The largest absolute Gasteiger partial charge is 0.462 e. The van der Waals surface area contributed by atoms with Crippen LogP contribution in [0.4, 0.5) is 0 Å². The second-order valence-corrected chi connectivity index (χ2v) is 18.5. The predicted molar refractivity (Wildman–Crippen MR) is 255 cm³/mol. The van der Waals surface area contributed by atoms with Crippen molar-refractivity contribution in [3.63, 3.8) is 0 Å². The van der Waals surface area contributed by atoms with Gasteiger partial charge in [0.15, 0.2) is 0 Å². The number of hydrogen-bond acceptors (Lipinski definition) is 4. The van der Waals surface area contributed by atoms with Gasteiger partial charge in [-0.1, -0.05) is 296 Å². The standard InChI is InChI=1S/C54H106O4/c1-3-5-7-9-11-13-15-17-19-21-23-25-27-29-31-33-35-37-39-41-43-45-47-49-53(55)57-51-52-58-54(56)50-48-46-44-42-40-38-36-34-32-30-28-26-24-22-20-18-16-14-12-10-8-6-4-2/h3-52H2,1-2H3. The third-order valence-corrected chi connectivity index (χ3v) is 12.6. The predicted octanol–water partition coefficient (Wildman–Crippen LogP) is 18.8. The molecule has 0 bridgehead atoms. The fourth-order valence-corrected chi connectivity index (χ4v) is 8.57. The monoisotopic (exact) mass is 819 g/mol. The van der Waals surface area contributed by atoms with Crippen molar-refractivity contribution in [1.29, 1.82) is 0 Å². The Kier molecular flexibility index (Phi) is 51.1. The molecule has 0 saturated heterocycles. The van der Waals surface area contributed by atoms with Gasteiger partial charge in [0, 0.05) is 12.8 Å². The van der Waals surface area contributed by atoms with Gasteiger partial charge in [-0.15, -0.1) is 0 Å². The van der Waals surface area contributed by atoms with E-state index < -0.39 is 0 Å². The van der Waals surface area contributed by atoms with Crippen LogP contribution in [0.3, 0.4) is 0 Å². The minimum absolute atomic E-state index is 0.158. The van der Waals surface area contributed by atoms with Crippen molar-refractivity contribution in [2.45, 2.75) is 322 Å². The number of hydrogen-bond donors (Lipinski definition) is 0. The summed E-state index contributed by atoms with van der Waals surface area (Å²) in [6.07, 6.45) is 64.1. The Bertz CT molecular complexity index is 717. The smallest absolute Gasteiger partial charge is 0.305 e. The summed E-state index contributed by atoms with van der Waals surface area (Å²) in [5.41, 5.74) is 0. The molecule has 4 heteroatoms. The lowest BCUT2D eigenvalue weighted by atomic mass is 10.0. The van der Waals surface area contributed by atoms with Crippen LogP contribution in [0.25, 0.3) is 0 Å². The minimum Gasteiger partial charge on any atom is -0.462 e. The van der Waals surface area contributed by atoms with Crippen molar-refractivity contribution in [3.8, 4) is 0 Å². The van der Waals surface area contributed by atoms with Gasteiger partial charge in [0.2, 0.25) is 0 Å². The van der Waals surface area contributed by atoms with E-state index in [2.05, 4.69) is 13.8 Å². The molecule has 346 valence electrons. The van der Waals surface area contributed by atoms with Gasteiger partial charge in [0.25, 0.3) is 0 Å². The Hall–Kier alpha value is -1.06. The van der Waals surface area contributed by atoms with Crippen molar-refractivity contribution >= 4 is 11.9 Å². The molecule has 0 N–H and O–H groups in total. The second-order valence-electron chi connectivity index (χ2n) is 18.5. The summed E-state index contributed by atoms with van der Waals surface area (Å²) >= 11 is 0. The quantitative estimate of drug-likeness (QED) is 0.0453. The summed E-state index contributed by atoms with van der Waals surface area (Å²) < 4.78 is 10.6. The highest BCUT2D eigenvalue weighted by Gasteiger charge is 2.06. The molecule has 0 fully saturated rings. The van der Waals surface area contributed by atoms with Crippen LogP contribution in [0.1, 0.15) is 322 Å². The number of rotatable bonds is 51. The molecular formula is C54H106O4. The van der Waals surface area contributed by atoms with Crippen LogP contribution in [0.5, 0.6) is 0 Å². The third-order valence-electron chi connectivity index (χ3n) is 12.6. The van der Waals surface area contributed by atoms with Gasteiger partial charge in [-0.05, 0) is 12.8 Å². The van der Waals surface area contributed by atoms with Crippen LogP contribution in [0.15, 0.2) is 0 Å². The molecule has 0 aliphatic carbocycles. The number of carbonyl (C=O) groups is 2. The van der Waals surface area contributed by atoms with E-state index in [1.165, 1.54) is 270 Å². The molecule has 0 radical (unpaired) electrons. The molecule has 0 aromatic carbocycles. The highest BCUT2D eigenvalue weighted by Crippen LogP contribution is 2.18. The molecule has 0 unspecified atom stereocenters. The topological polar surface area (TPSA) is 52.6 Å². The molecule has 0 aromatic rings. The maximum absolute atomic E-state index is 12.0. The molecular weight excluding hydrogens is 713 g/mol. The van der Waals surface area contributed by atoms with Crippen molar-refractivity contribution in [3.05, 3.63) is 0 Å². The second kappa shape index (κ2) is 52.1. The zero-order chi connectivity index (χ0) is 41.9. The average Bonchev–Trinajstić information content (AvgIpc) is 3.23. The molecule has 58 heavy (non-hydrogen) atoms. The Labute approximate surface area is 365 Å². The Morgan fingerprint density at radius 2 is 0.362 bits per heavy atom.